The van der Waals surface area contributed by atoms with E-state index in [0.717, 1.165) is 37.5 Å². The highest BCUT2D eigenvalue weighted by atomic mass is 16.6. The summed E-state index contributed by atoms with van der Waals surface area (Å²) < 4.78 is 5.91. The number of aliphatic hydroxyl groups is 2. The smallest absolute Gasteiger partial charge is 0.154 e. The van der Waals surface area contributed by atoms with Gasteiger partial charge in [-0.05, 0) is 80.0 Å². The predicted octanol–water partition coefficient (Wildman–Crippen LogP) is 3.09. The molecular formula is C18H30O3. The van der Waals surface area contributed by atoms with Gasteiger partial charge in [-0.15, -0.1) is 0 Å². The second-order valence-corrected chi connectivity index (χ2v) is 8.72. The fourth-order valence-electron chi connectivity index (χ4n) is 6.66. The molecule has 1 saturated heterocycles. The van der Waals surface area contributed by atoms with Crippen LogP contribution >= 0.6 is 0 Å². The Bertz CT molecular complexity index is 425. The lowest BCUT2D eigenvalue weighted by atomic mass is 9.48. The van der Waals surface area contributed by atoms with Gasteiger partial charge in [0.05, 0.1) is 12.2 Å². The fraction of sp³-hybridized carbons (Fsp3) is 1.00. The average molecular weight is 294 g/mol. The molecule has 120 valence electrons. The third-order valence-corrected chi connectivity index (χ3v) is 7.98. The maximum atomic E-state index is 10.4. The van der Waals surface area contributed by atoms with E-state index in [-0.39, 0.29) is 23.0 Å². The SMILES string of the molecule is C[C@@]12CC[C@H]3[C@H](CC[C@H]4O[C@@H](O)CC[C@@]43C)[C@@H]1CC[C@@H]2O. The summed E-state index contributed by atoms with van der Waals surface area (Å²) in [5, 5.41) is 20.3. The molecule has 1 heterocycles. The minimum Gasteiger partial charge on any atom is -0.393 e. The third-order valence-electron chi connectivity index (χ3n) is 7.98. The van der Waals surface area contributed by atoms with Gasteiger partial charge in [-0.1, -0.05) is 13.8 Å². The van der Waals surface area contributed by atoms with Gasteiger partial charge in [0.1, 0.15) is 0 Å². The summed E-state index contributed by atoms with van der Waals surface area (Å²) in [6.45, 7) is 4.75. The summed E-state index contributed by atoms with van der Waals surface area (Å²) in [5.41, 5.74) is 0.413. The van der Waals surface area contributed by atoms with Crippen molar-refractivity contribution in [2.75, 3.05) is 0 Å². The van der Waals surface area contributed by atoms with E-state index >= 15 is 0 Å². The summed E-state index contributed by atoms with van der Waals surface area (Å²) in [6.07, 6.45) is 8.46. The number of hydrogen-bond donors (Lipinski definition) is 2. The molecule has 2 N–H and O–H groups in total. The van der Waals surface area contributed by atoms with Gasteiger partial charge in [-0.2, -0.15) is 0 Å². The zero-order valence-corrected chi connectivity index (χ0v) is 13.4. The van der Waals surface area contributed by atoms with Crippen molar-refractivity contribution in [3.63, 3.8) is 0 Å². The van der Waals surface area contributed by atoms with Gasteiger partial charge in [0.25, 0.3) is 0 Å². The standard InChI is InChI=1S/C18H30O3/c1-17-9-7-13-11(12(17)4-5-14(17)19)3-6-15-18(13,2)10-8-16(20)21-15/h11-16,19-20H,3-10H2,1-2H3/t11-,12+,13+,14+,15-,16-,17-,18-/m1/s1. The van der Waals surface area contributed by atoms with Crippen molar-refractivity contribution in [2.24, 2.45) is 28.6 Å². The van der Waals surface area contributed by atoms with Crippen molar-refractivity contribution in [1.82, 2.24) is 0 Å². The average Bonchev–Trinajstić information content (AvgIpc) is 2.76. The van der Waals surface area contributed by atoms with Gasteiger partial charge in [0, 0.05) is 0 Å². The molecule has 1 aliphatic heterocycles. The van der Waals surface area contributed by atoms with Crippen LogP contribution in [0.1, 0.15) is 65.2 Å². The van der Waals surface area contributed by atoms with Gasteiger partial charge in [-0.25, -0.2) is 0 Å². The number of aliphatic hydroxyl groups excluding tert-OH is 2. The Kier molecular flexibility index (Phi) is 3.23. The highest BCUT2D eigenvalue weighted by molar-refractivity contribution is 5.09. The summed E-state index contributed by atoms with van der Waals surface area (Å²) in [6, 6.07) is 0. The summed E-state index contributed by atoms with van der Waals surface area (Å²) >= 11 is 0. The third kappa shape index (κ3) is 1.90. The molecule has 0 amide bonds. The van der Waals surface area contributed by atoms with Crippen LogP contribution in [-0.4, -0.2) is 28.7 Å². The van der Waals surface area contributed by atoms with E-state index in [2.05, 4.69) is 13.8 Å². The quantitative estimate of drug-likeness (QED) is 0.722. The van der Waals surface area contributed by atoms with Crippen molar-refractivity contribution >= 4 is 0 Å². The van der Waals surface area contributed by atoms with Crippen LogP contribution in [0.3, 0.4) is 0 Å². The van der Waals surface area contributed by atoms with Crippen molar-refractivity contribution in [1.29, 1.82) is 0 Å². The van der Waals surface area contributed by atoms with Gasteiger partial charge in [-0.3, -0.25) is 0 Å². The lowest BCUT2D eigenvalue weighted by Gasteiger charge is -2.60. The van der Waals surface area contributed by atoms with Crippen LogP contribution in [0.15, 0.2) is 0 Å². The first kappa shape index (κ1) is 14.5. The van der Waals surface area contributed by atoms with E-state index in [4.69, 9.17) is 4.74 Å². The Hall–Kier alpha value is -0.120. The molecule has 4 rings (SSSR count). The Labute approximate surface area is 128 Å². The largest absolute Gasteiger partial charge is 0.393 e. The van der Waals surface area contributed by atoms with Gasteiger partial charge in [0.2, 0.25) is 0 Å². The zero-order chi connectivity index (χ0) is 14.8. The maximum Gasteiger partial charge on any atom is 0.154 e. The van der Waals surface area contributed by atoms with E-state index in [0.29, 0.717) is 5.92 Å². The Morgan fingerprint density at radius 1 is 0.810 bits per heavy atom. The van der Waals surface area contributed by atoms with Gasteiger partial charge >= 0.3 is 0 Å². The molecule has 0 aromatic carbocycles. The van der Waals surface area contributed by atoms with E-state index in [9.17, 15) is 10.2 Å². The van der Waals surface area contributed by atoms with Crippen molar-refractivity contribution < 1.29 is 14.9 Å². The number of ether oxygens (including phenoxy) is 1. The highest BCUT2D eigenvalue weighted by Gasteiger charge is 2.60. The molecule has 3 saturated carbocycles. The number of hydrogen-bond acceptors (Lipinski definition) is 3. The molecule has 8 atom stereocenters. The molecule has 0 aromatic heterocycles. The molecule has 4 aliphatic rings. The first-order chi connectivity index (χ1) is 9.95. The molecule has 4 fully saturated rings. The second-order valence-electron chi connectivity index (χ2n) is 8.72. The zero-order valence-electron chi connectivity index (χ0n) is 13.4. The first-order valence-corrected chi connectivity index (χ1v) is 8.97. The lowest BCUT2D eigenvalue weighted by molar-refractivity contribution is -0.249. The normalized spacial score (nSPS) is 60.0. The summed E-state index contributed by atoms with van der Waals surface area (Å²) in [5.74, 6) is 2.20. The molecule has 3 nitrogen and oxygen atoms in total. The molecule has 0 radical (unpaired) electrons. The molecule has 0 unspecified atom stereocenters. The predicted molar refractivity (Wildman–Crippen MR) is 80.5 cm³/mol. The summed E-state index contributed by atoms with van der Waals surface area (Å²) in [4.78, 5) is 0. The minimum atomic E-state index is -0.540. The van der Waals surface area contributed by atoms with Crippen LogP contribution in [0.25, 0.3) is 0 Å². The lowest BCUT2D eigenvalue weighted by Crippen LogP contribution is -2.57. The Morgan fingerprint density at radius 3 is 2.33 bits per heavy atom. The van der Waals surface area contributed by atoms with Crippen LogP contribution in [0.2, 0.25) is 0 Å². The number of fused-ring (bicyclic) bond motifs is 5. The maximum absolute atomic E-state index is 10.4. The first-order valence-electron chi connectivity index (χ1n) is 8.97. The molecule has 0 aromatic rings. The molecule has 0 spiro atoms. The van der Waals surface area contributed by atoms with Crippen LogP contribution in [0.5, 0.6) is 0 Å². The minimum absolute atomic E-state index is 0.0848. The van der Waals surface area contributed by atoms with Crippen molar-refractivity contribution in [2.45, 2.75) is 83.7 Å². The fourth-order valence-corrected chi connectivity index (χ4v) is 6.66. The molecule has 21 heavy (non-hydrogen) atoms. The van der Waals surface area contributed by atoms with E-state index in [1.165, 1.54) is 25.7 Å². The van der Waals surface area contributed by atoms with E-state index in [1.54, 1.807) is 0 Å². The highest BCUT2D eigenvalue weighted by Crippen LogP contribution is 2.64. The monoisotopic (exact) mass is 294 g/mol. The number of rotatable bonds is 0. The molecule has 0 bridgehead atoms. The van der Waals surface area contributed by atoms with Crippen LogP contribution in [0, 0.1) is 28.6 Å². The van der Waals surface area contributed by atoms with Gasteiger partial charge < -0.3 is 14.9 Å². The van der Waals surface area contributed by atoms with Crippen molar-refractivity contribution in [3.8, 4) is 0 Å². The van der Waals surface area contributed by atoms with E-state index < -0.39 is 6.29 Å². The van der Waals surface area contributed by atoms with Crippen LogP contribution in [-0.2, 0) is 4.74 Å². The van der Waals surface area contributed by atoms with Crippen LogP contribution in [0.4, 0.5) is 0 Å². The Balaban J connectivity index is 1.62. The Morgan fingerprint density at radius 2 is 1.52 bits per heavy atom. The molecular weight excluding hydrogens is 264 g/mol. The van der Waals surface area contributed by atoms with Gasteiger partial charge in [0.15, 0.2) is 6.29 Å². The molecule has 3 aliphatic carbocycles. The molecule has 3 heteroatoms. The van der Waals surface area contributed by atoms with Crippen molar-refractivity contribution in [3.05, 3.63) is 0 Å². The summed E-state index contributed by atoms with van der Waals surface area (Å²) in [7, 11) is 0. The van der Waals surface area contributed by atoms with E-state index in [1.807, 2.05) is 0 Å². The van der Waals surface area contributed by atoms with Crippen LogP contribution < -0.4 is 0 Å². The second kappa shape index (κ2) is 4.69. The topological polar surface area (TPSA) is 49.7 Å².